The number of ether oxygens (including phenoxy) is 1. The molecule has 8 heteroatoms. The summed E-state index contributed by atoms with van der Waals surface area (Å²) in [4.78, 5) is 12.7. The third kappa shape index (κ3) is 7.43. The van der Waals surface area contributed by atoms with E-state index in [4.69, 9.17) is 9.15 Å². The van der Waals surface area contributed by atoms with E-state index in [0.717, 1.165) is 31.6 Å². The number of rotatable bonds is 15. The first kappa shape index (κ1) is 26.4. The number of benzene rings is 2. The lowest BCUT2D eigenvalue weighted by Gasteiger charge is -2.10. The van der Waals surface area contributed by atoms with Gasteiger partial charge in [0.2, 0.25) is 5.75 Å². The van der Waals surface area contributed by atoms with Crippen LogP contribution in [-0.4, -0.2) is 33.2 Å². The molecule has 196 valence electrons. The average molecular weight is 505 g/mol. The van der Waals surface area contributed by atoms with Crippen LogP contribution >= 0.6 is 0 Å². The van der Waals surface area contributed by atoms with E-state index in [1.165, 1.54) is 56.7 Å². The van der Waals surface area contributed by atoms with Crippen LogP contribution in [0.5, 0.6) is 11.5 Å². The van der Waals surface area contributed by atoms with Crippen molar-refractivity contribution < 1.29 is 14.3 Å². The summed E-state index contributed by atoms with van der Waals surface area (Å²) in [6, 6.07) is 13.8. The molecular formula is C29H36N4O4. The van der Waals surface area contributed by atoms with Crippen molar-refractivity contribution in [3.8, 4) is 22.8 Å². The fourth-order valence-corrected chi connectivity index (χ4v) is 4.31. The van der Waals surface area contributed by atoms with Crippen molar-refractivity contribution in [2.24, 2.45) is 0 Å². The smallest absolute Gasteiger partial charge is 0.205 e. The second-order valence-electron chi connectivity index (χ2n) is 9.22. The zero-order valence-corrected chi connectivity index (χ0v) is 21.5. The number of nitrogens with zero attached hydrogens (tertiary/aromatic N) is 3. The fraction of sp³-hybridized carbons (Fsp3) is 0.414. The van der Waals surface area contributed by atoms with Crippen molar-refractivity contribution in [3.05, 3.63) is 70.6 Å². The molecule has 2 N–H and O–H groups in total. The molecule has 0 spiro atoms. The molecule has 4 aromatic rings. The molecule has 0 bridgehead atoms. The molecule has 2 heterocycles. The highest BCUT2D eigenvalue weighted by Gasteiger charge is 2.16. The van der Waals surface area contributed by atoms with Gasteiger partial charge in [0.25, 0.3) is 0 Å². The zero-order chi connectivity index (χ0) is 25.9. The molecule has 0 saturated carbocycles. The fourth-order valence-electron chi connectivity index (χ4n) is 4.31. The Balaban J connectivity index is 1.31. The summed E-state index contributed by atoms with van der Waals surface area (Å²) in [6.07, 6.45) is 10.4. The summed E-state index contributed by atoms with van der Waals surface area (Å²) >= 11 is 0. The minimum absolute atomic E-state index is 0.0961. The van der Waals surface area contributed by atoms with E-state index in [1.807, 2.05) is 41.2 Å². The van der Waals surface area contributed by atoms with Crippen LogP contribution in [0.2, 0.25) is 0 Å². The Hall–Kier alpha value is -3.65. The van der Waals surface area contributed by atoms with Crippen molar-refractivity contribution in [2.45, 2.75) is 65.0 Å². The summed E-state index contributed by atoms with van der Waals surface area (Å²) in [6.45, 7) is 5.22. The van der Waals surface area contributed by atoms with Gasteiger partial charge in [-0.2, -0.15) is 0 Å². The quantitative estimate of drug-likeness (QED) is 0.201. The van der Waals surface area contributed by atoms with Gasteiger partial charge in [0.05, 0.1) is 11.6 Å². The van der Waals surface area contributed by atoms with Crippen molar-refractivity contribution >= 4 is 11.0 Å². The molecule has 0 aliphatic rings. The predicted molar refractivity (Wildman–Crippen MR) is 145 cm³/mol. The highest BCUT2D eigenvalue weighted by atomic mass is 16.5. The maximum atomic E-state index is 12.7. The van der Waals surface area contributed by atoms with Crippen molar-refractivity contribution in [1.82, 2.24) is 20.3 Å². The highest BCUT2D eigenvalue weighted by molar-refractivity contribution is 5.86. The first-order valence-electron chi connectivity index (χ1n) is 13.2. The number of unbranched alkanes of at least 4 members (excludes halogenated alkanes) is 6. The van der Waals surface area contributed by atoms with Gasteiger partial charge >= 0.3 is 0 Å². The van der Waals surface area contributed by atoms with Gasteiger partial charge < -0.3 is 19.6 Å². The van der Waals surface area contributed by atoms with Crippen LogP contribution in [0.3, 0.4) is 0 Å². The van der Waals surface area contributed by atoms with Gasteiger partial charge in [-0.3, -0.25) is 9.48 Å². The van der Waals surface area contributed by atoms with Crippen LogP contribution in [0.15, 0.2) is 63.9 Å². The van der Waals surface area contributed by atoms with Crippen molar-refractivity contribution in [2.75, 3.05) is 13.1 Å². The Kier molecular flexibility index (Phi) is 9.71. The third-order valence-electron chi connectivity index (χ3n) is 6.33. The van der Waals surface area contributed by atoms with E-state index in [1.54, 1.807) is 0 Å². The molecule has 0 fully saturated rings. The highest BCUT2D eigenvalue weighted by Crippen LogP contribution is 2.36. The summed E-state index contributed by atoms with van der Waals surface area (Å²) in [5.74, 6) is 0.426. The Morgan fingerprint density at radius 1 is 1.00 bits per heavy atom. The average Bonchev–Trinajstić information content (AvgIpc) is 3.37. The monoisotopic (exact) mass is 504 g/mol. The molecule has 2 aromatic heterocycles. The molecule has 0 aliphatic heterocycles. The van der Waals surface area contributed by atoms with Gasteiger partial charge in [-0.15, -0.1) is 5.10 Å². The number of nitrogens with one attached hydrogen (secondary N) is 1. The number of phenolic OH excluding ortho intramolecular Hbond substituents is 1. The van der Waals surface area contributed by atoms with Gasteiger partial charge in [0.1, 0.15) is 18.1 Å². The van der Waals surface area contributed by atoms with Gasteiger partial charge in [-0.1, -0.05) is 74.6 Å². The van der Waals surface area contributed by atoms with Crippen LogP contribution in [0, 0.1) is 0 Å². The number of fused-ring (bicyclic) bond motifs is 1. The predicted octanol–water partition coefficient (Wildman–Crippen LogP) is 5.68. The van der Waals surface area contributed by atoms with Crippen LogP contribution in [-0.2, 0) is 13.2 Å². The largest absolute Gasteiger partial charge is 0.504 e. The van der Waals surface area contributed by atoms with E-state index in [0.29, 0.717) is 16.8 Å². The molecule has 4 rings (SSSR count). The van der Waals surface area contributed by atoms with Crippen LogP contribution < -0.4 is 15.5 Å². The molecular weight excluding hydrogens is 468 g/mol. The van der Waals surface area contributed by atoms with E-state index in [-0.39, 0.29) is 29.1 Å². The number of phenols is 1. The first-order valence-corrected chi connectivity index (χ1v) is 13.2. The Morgan fingerprint density at radius 3 is 2.54 bits per heavy atom. The van der Waals surface area contributed by atoms with Crippen molar-refractivity contribution in [1.29, 1.82) is 0 Å². The molecule has 0 amide bonds. The summed E-state index contributed by atoms with van der Waals surface area (Å²) in [7, 11) is 0. The molecule has 2 aromatic carbocycles. The van der Waals surface area contributed by atoms with E-state index in [2.05, 4.69) is 22.6 Å². The third-order valence-corrected chi connectivity index (χ3v) is 6.33. The number of aromatic nitrogens is 3. The summed E-state index contributed by atoms with van der Waals surface area (Å²) in [5.41, 5.74) is 1.41. The second kappa shape index (κ2) is 13.6. The molecule has 0 atom stereocenters. The summed E-state index contributed by atoms with van der Waals surface area (Å²) in [5, 5.41) is 22.6. The molecule has 0 saturated heterocycles. The summed E-state index contributed by atoms with van der Waals surface area (Å²) < 4.78 is 13.7. The SMILES string of the molecule is CCNCCCCCCCCCn1cc(COc2c(O)ccc3c(=O)cc(-c4ccccc4)oc23)nn1. The standard InChI is InChI=1S/C29H36N4O4/c1-2-30-17-11-6-4-3-5-7-12-18-33-20-23(31-32-33)21-36-29-25(34)16-15-24-26(35)19-27(37-28(24)29)22-13-9-8-10-14-22/h8-10,13-16,19-20,30,34H,2-7,11-12,17-18,21H2,1H3. The normalized spacial score (nSPS) is 11.3. The Bertz CT molecular complexity index is 1320. The number of aromatic hydroxyl groups is 1. The zero-order valence-electron chi connectivity index (χ0n) is 21.5. The lowest BCUT2D eigenvalue weighted by atomic mass is 10.1. The number of aryl methyl sites for hydroxylation is 1. The lowest BCUT2D eigenvalue weighted by molar-refractivity contribution is 0.284. The topological polar surface area (TPSA) is 102 Å². The number of hydrogen-bond acceptors (Lipinski definition) is 7. The maximum Gasteiger partial charge on any atom is 0.205 e. The number of hydrogen-bond donors (Lipinski definition) is 2. The van der Waals surface area contributed by atoms with Gasteiger partial charge in [0, 0.05) is 18.2 Å². The Morgan fingerprint density at radius 2 is 1.76 bits per heavy atom. The van der Waals surface area contributed by atoms with Gasteiger partial charge in [0.15, 0.2) is 16.8 Å². The minimum Gasteiger partial charge on any atom is -0.504 e. The van der Waals surface area contributed by atoms with Crippen LogP contribution in [0.1, 0.15) is 57.6 Å². The first-order chi connectivity index (χ1) is 18.2. The molecule has 0 aliphatic carbocycles. The van der Waals surface area contributed by atoms with E-state index < -0.39 is 0 Å². The molecule has 37 heavy (non-hydrogen) atoms. The van der Waals surface area contributed by atoms with Crippen LogP contribution in [0.25, 0.3) is 22.3 Å². The Labute approximate surface area is 217 Å². The molecule has 0 unspecified atom stereocenters. The van der Waals surface area contributed by atoms with Gasteiger partial charge in [-0.25, -0.2) is 0 Å². The van der Waals surface area contributed by atoms with Crippen LogP contribution in [0.4, 0.5) is 0 Å². The van der Waals surface area contributed by atoms with E-state index >= 15 is 0 Å². The molecule has 0 radical (unpaired) electrons. The van der Waals surface area contributed by atoms with E-state index in [9.17, 15) is 9.90 Å². The second-order valence-corrected chi connectivity index (χ2v) is 9.22. The maximum absolute atomic E-state index is 12.7. The molecule has 8 nitrogen and oxygen atoms in total. The van der Waals surface area contributed by atoms with Crippen molar-refractivity contribution in [3.63, 3.8) is 0 Å². The minimum atomic E-state index is -0.204. The van der Waals surface area contributed by atoms with Gasteiger partial charge in [-0.05, 0) is 38.1 Å². The lowest BCUT2D eigenvalue weighted by Crippen LogP contribution is -2.13.